The number of nitrogens with one attached hydrogen (secondary N) is 5. The molecule has 0 aromatic heterocycles. The van der Waals surface area contributed by atoms with Crippen molar-refractivity contribution < 1.29 is 102 Å². The molecule has 2 aromatic carbocycles. The van der Waals surface area contributed by atoms with Gasteiger partial charge in [-0.3, -0.25) is 57.5 Å². The molecule has 2 rings (SSSR count). The smallest absolute Gasteiger partial charge is 0.335 e. The van der Waals surface area contributed by atoms with E-state index < -0.39 is 77.3 Å². The second kappa shape index (κ2) is 66.6. The molecule has 0 heterocycles. The molecule has 0 unspecified atom stereocenters. The highest BCUT2D eigenvalue weighted by atomic mass is 16.5. The Morgan fingerprint density at radius 1 is 0.333 bits per heavy atom. The lowest BCUT2D eigenvalue weighted by molar-refractivity contribution is -0.144. The van der Waals surface area contributed by atoms with Gasteiger partial charge in [0.15, 0.2) is 0 Å². The van der Waals surface area contributed by atoms with E-state index in [1.54, 1.807) is 45.0 Å². The van der Waals surface area contributed by atoms with E-state index in [1.807, 2.05) is 0 Å². The van der Waals surface area contributed by atoms with Gasteiger partial charge in [-0.25, -0.2) is 14.4 Å². The summed E-state index contributed by atoms with van der Waals surface area (Å²) in [5.74, 6) is -7.40. The van der Waals surface area contributed by atoms with Gasteiger partial charge in [0.05, 0.1) is 54.4 Å². The van der Waals surface area contributed by atoms with Crippen molar-refractivity contribution in [3.8, 4) is 11.5 Å². The van der Waals surface area contributed by atoms with Crippen molar-refractivity contribution in [2.45, 2.75) is 360 Å². The highest BCUT2D eigenvalue weighted by molar-refractivity contribution is 5.93. The summed E-state index contributed by atoms with van der Waals surface area (Å²) >= 11 is 0. The van der Waals surface area contributed by atoms with Gasteiger partial charge in [-0.15, -0.1) is 0 Å². The maximum Gasteiger partial charge on any atom is 0.335 e. The van der Waals surface area contributed by atoms with Gasteiger partial charge in [0.25, 0.3) is 0 Å². The van der Waals surface area contributed by atoms with Crippen LogP contribution in [0, 0.1) is 23.2 Å². The summed E-state index contributed by atoms with van der Waals surface area (Å²) in [6.45, 7) is 9.25. The number of carboxylic acid groups (broad SMARTS) is 4. The summed E-state index contributed by atoms with van der Waals surface area (Å²) in [4.78, 5) is 187. The Kier molecular flexibility index (Phi) is 59.7. The van der Waals surface area contributed by atoms with Gasteiger partial charge in [-0.05, 0) is 184 Å². The first-order valence-corrected chi connectivity index (χ1v) is 45.6. The number of benzene rings is 2. The number of unbranched alkanes of at least 4 members (excludes halogenated alkanes) is 22. The number of ether oxygens (including phenoxy) is 2. The number of nitrogens with two attached hydrogens (primary N) is 4. The van der Waals surface area contributed by atoms with Crippen LogP contribution in [0.15, 0.2) is 48.5 Å². The number of ketones is 6. The zero-order valence-corrected chi connectivity index (χ0v) is 74.3. The minimum Gasteiger partial charge on any atom is -0.494 e. The zero-order valence-electron chi connectivity index (χ0n) is 74.3. The number of hydrogen-bond donors (Lipinski definition) is 13. The molecule has 30 nitrogen and oxygen atoms in total. The molecule has 0 saturated heterocycles. The predicted molar refractivity (Wildman–Crippen MR) is 472 cm³/mol. The van der Waals surface area contributed by atoms with E-state index in [9.17, 15) is 82.1 Å². The van der Waals surface area contributed by atoms with Crippen LogP contribution in [0.4, 0.5) is 0 Å². The molecule has 30 heteroatoms. The summed E-state index contributed by atoms with van der Waals surface area (Å²) in [7, 11) is 0. The number of amides is 5. The van der Waals surface area contributed by atoms with Crippen LogP contribution in [0.2, 0.25) is 0 Å². The van der Waals surface area contributed by atoms with Gasteiger partial charge >= 0.3 is 23.9 Å². The largest absolute Gasteiger partial charge is 0.494 e. The molecular formula is C93H151N9O21. The van der Waals surface area contributed by atoms with Crippen molar-refractivity contribution >= 4 is 88.1 Å². The predicted octanol–water partition coefficient (Wildman–Crippen LogP) is 12.6. The molecule has 0 aliphatic heterocycles. The van der Waals surface area contributed by atoms with Gasteiger partial charge in [0.1, 0.15) is 52.2 Å². The number of Topliss-reactive ketones (excluding diaryl/α,β-unsaturated/α-hetero) is 6. The van der Waals surface area contributed by atoms with E-state index in [4.69, 9.17) is 42.6 Å². The maximum absolute atomic E-state index is 13.9. The molecule has 694 valence electrons. The van der Waals surface area contributed by atoms with Crippen LogP contribution in [-0.4, -0.2) is 178 Å². The third kappa shape index (κ3) is 55.2. The zero-order chi connectivity index (χ0) is 91.2. The number of rotatable bonds is 79. The molecule has 123 heavy (non-hydrogen) atoms. The lowest BCUT2D eigenvalue weighted by Crippen LogP contribution is -2.42. The number of hydrogen-bond acceptors (Lipinski definition) is 21. The fourth-order valence-electron chi connectivity index (χ4n) is 14.2. The summed E-state index contributed by atoms with van der Waals surface area (Å²) < 4.78 is 11.4. The SMILES string of the molecule is CC(=O)[C@H](CCCCNC(=O)[C@@H](N)CCCCNC(=O)[C@@H](N)CCCCCC(=O)CC[C@H](NC(=O)CCCCCCCCCCOc1ccc(C(=O)O)cc1)C(=O)O)CC(=O)[C@H](CCCCNC(=O)[C@@H](N)CCCCCC(=O)[C@@H](N)CCCCNC(=O)CC[C@H](CC(=O)CCCCCCCCCCOc1ccc(C(=O)O)cc1)C(=O)O)CC(=O)C(C)(C)C. The Morgan fingerprint density at radius 3 is 1.13 bits per heavy atom. The summed E-state index contributed by atoms with van der Waals surface area (Å²) in [6, 6.07) is 8.54. The van der Waals surface area contributed by atoms with Gasteiger partial charge in [-0.1, -0.05) is 136 Å². The molecule has 0 spiro atoms. The van der Waals surface area contributed by atoms with Gasteiger partial charge < -0.3 is 79.4 Å². The lowest BCUT2D eigenvalue weighted by Gasteiger charge is -2.23. The van der Waals surface area contributed by atoms with E-state index in [0.29, 0.717) is 199 Å². The van der Waals surface area contributed by atoms with Crippen LogP contribution >= 0.6 is 0 Å². The Morgan fingerprint density at radius 2 is 0.707 bits per heavy atom. The first-order chi connectivity index (χ1) is 58.7. The van der Waals surface area contributed by atoms with Crippen LogP contribution in [0.3, 0.4) is 0 Å². The summed E-state index contributed by atoms with van der Waals surface area (Å²) in [5, 5.41) is 51.4. The second-order valence-electron chi connectivity index (χ2n) is 34.2. The fourth-order valence-corrected chi connectivity index (χ4v) is 14.2. The quantitative estimate of drug-likeness (QED) is 0.0274. The minimum atomic E-state index is -1.19. The first kappa shape index (κ1) is 110. The topological polar surface area (TPSA) is 520 Å². The number of aromatic carboxylic acids is 2. The monoisotopic (exact) mass is 1730 g/mol. The van der Waals surface area contributed by atoms with Crippen molar-refractivity contribution in [3.05, 3.63) is 59.7 Å². The van der Waals surface area contributed by atoms with Crippen molar-refractivity contribution in [3.63, 3.8) is 0 Å². The number of aliphatic carboxylic acids is 2. The first-order valence-electron chi connectivity index (χ1n) is 45.6. The normalized spacial score (nSPS) is 13.3. The van der Waals surface area contributed by atoms with Crippen LogP contribution in [0.25, 0.3) is 0 Å². The number of carboxylic acids is 4. The maximum atomic E-state index is 13.9. The van der Waals surface area contributed by atoms with Crippen molar-refractivity contribution in [2.24, 2.45) is 46.1 Å². The van der Waals surface area contributed by atoms with Gasteiger partial charge in [0, 0.05) is 101 Å². The molecule has 0 aliphatic carbocycles. The molecule has 0 bridgehead atoms. The Labute approximate surface area is 729 Å². The Hall–Kier alpha value is -8.87. The van der Waals surface area contributed by atoms with Crippen molar-refractivity contribution in [1.29, 1.82) is 0 Å². The fraction of sp³-hybridized carbons (Fsp3) is 0.710. The van der Waals surface area contributed by atoms with Crippen molar-refractivity contribution in [1.82, 2.24) is 26.6 Å². The van der Waals surface area contributed by atoms with Crippen LogP contribution in [-0.2, 0) is 62.3 Å². The lowest BCUT2D eigenvalue weighted by atomic mass is 9.79. The molecule has 2 aromatic rings. The Bertz CT molecular complexity index is 3480. The highest BCUT2D eigenvalue weighted by Gasteiger charge is 2.31. The number of carbonyl (C=O) groups is 15. The Balaban J connectivity index is 1.53. The molecule has 0 aliphatic rings. The average molecular weight is 1730 g/mol. The van der Waals surface area contributed by atoms with Gasteiger partial charge in [-0.2, -0.15) is 0 Å². The second-order valence-corrected chi connectivity index (χ2v) is 34.2. The van der Waals surface area contributed by atoms with Crippen molar-refractivity contribution in [2.75, 3.05) is 39.4 Å². The highest BCUT2D eigenvalue weighted by Crippen LogP contribution is 2.28. The molecule has 8 atom stereocenters. The number of carbonyl (C=O) groups excluding carboxylic acids is 11. The molecule has 0 radical (unpaired) electrons. The van der Waals surface area contributed by atoms with E-state index in [0.717, 1.165) is 89.9 Å². The van der Waals surface area contributed by atoms with E-state index >= 15 is 0 Å². The van der Waals surface area contributed by atoms with E-state index in [-0.39, 0.29) is 140 Å². The third-order valence-corrected chi connectivity index (χ3v) is 22.4. The average Bonchev–Trinajstić information content (AvgIpc) is 0.864. The van der Waals surface area contributed by atoms with Crippen LogP contribution in [0.1, 0.15) is 350 Å². The minimum absolute atomic E-state index is 0.00358. The molecule has 5 amide bonds. The third-order valence-electron chi connectivity index (χ3n) is 22.4. The molecule has 0 fully saturated rings. The summed E-state index contributed by atoms with van der Waals surface area (Å²) in [5.41, 5.74) is 24.5. The van der Waals surface area contributed by atoms with Crippen LogP contribution < -0.4 is 59.0 Å². The summed E-state index contributed by atoms with van der Waals surface area (Å²) in [6.07, 6.45) is 26.6. The molecule has 0 saturated carbocycles. The standard InChI is InChI=1S/C93H151N9O21/c1-66(103)69(35-25-29-58-99-88(113)79(97)42-28-32-60-101-87(112)77(95)40-21-17-20-37-72(104)50-55-80(92(120)121)102-85(110)44-24-14-10-6-8-12-16-34-62-123-75-53-47-68(48-54-75)90(116)117)64-82(107)70(65-83(108)93(2,3)4)36-26-30-59-100-86(111)78(96)41-22-18-23-43-81(106)76(94)39-27-31-57-98-84(109)56-49-71(91(118)119)63-73(105)38-19-13-9-5-7-11-15-33-61-122-74-51-45-67(46-52-74)89(114)115/h45-48,51-54,69-71,76-80H,5-44,49-50,55-65,94-97H2,1-4H3,(H,98,109)(H,99,113)(H,100,111)(H,101,112)(H,102,110)(H,114,115)(H,116,117)(H,118,119)(H,120,121)/t69-,70-,71-,76+,77+,78+,79+,80+/m1/s1. The van der Waals surface area contributed by atoms with Gasteiger partial charge in [0.2, 0.25) is 29.5 Å². The molecular weight excluding hydrogens is 1580 g/mol. The molecule has 17 N–H and O–H groups in total. The van der Waals surface area contributed by atoms with E-state index in [2.05, 4.69) is 26.6 Å². The van der Waals surface area contributed by atoms with Crippen LogP contribution in [0.5, 0.6) is 11.5 Å². The van der Waals surface area contributed by atoms with E-state index in [1.165, 1.54) is 31.2 Å².